The fourth-order valence-electron chi connectivity index (χ4n) is 2.92. The molecule has 1 aliphatic rings. The quantitative estimate of drug-likeness (QED) is 0.663. The van der Waals surface area contributed by atoms with E-state index >= 15 is 0 Å². The number of hydrogen-bond acceptors (Lipinski definition) is 4. The van der Waals surface area contributed by atoms with E-state index < -0.39 is 0 Å². The monoisotopic (exact) mass is 360 g/mol. The van der Waals surface area contributed by atoms with Crippen LogP contribution in [0.1, 0.15) is 18.4 Å². The fourth-order valence-corrected chi connectivity index (χ4v) is 3.71. The maximum Gasteiger partial charge on any atom is 0.246 e. The van der Waals surface area contributed by atoms with Crippen molar-refractivity contribution in [1.29, 1.82) is 0 Å². The minimum atomic E-state index is 0.0630. The minimum Gasteiger partial charge on any atom is -0.356 e. The van der Waals surface area contributed by atoms with Gasteiger partial charge in [0, 0.05) is 39.9 Å². The van der Waals surface area contributed by atoms with Crippen LogP contribution in [0.5, 0.6) is 0 Å². The summed E-state index contributed by atoms with van der Waals surface area (Å²) in [5.74, 6) is 1.24. The number of amides is 1. The van der Waals surface area contributed by atoms with Gasteiger partial charge in [-0.15, -0.1) is 0 Å². The lowest BCUT2D eigenvalue weighted by Crippen LogP contribution is -2.55. The van der Waals surface area contributed by atoms with Crippen molar-refractivity contribution in [2.75, 3.05) is 38.1 Å². The van der Waals surface area contributed by atoms with Gasteiger partial charge in [0.1, 0.15) is 6.54 Å². The van der Waals surface area contributed by atoms with Crippen molar-refractivity contribution in [2.24, 2.45) is 12.0 Å². The number of carbonyl (C=O) groups is 1. The van der Waals surface area contributed by atoms with Crippen LogP contribution >= 0.6 is 11.3 Å². The van der Waals surface area contributed by atoms with Crippen LogP contribution < -0.4 is 10.2 Å². The third-order valence-electron chi connectivity index (χ3n) is 4.41. The summed E-state index contributed by atoms with van der Waals surface area (Å²) in [5, 5.41) is 11.8. The van der Waals surface area contributed by atoms with Gasteiger partial charge in [0.2, 0.25) is 5.91 Å². The third kappa shape index (κ3) is 4.01. The Labute approximate surface area is 152 Å². The maximum atomic E-state index is 12.5. The Kier molecular flexibility index (Phi) is 5.37. The van der Waals surface area contributed by atoms with E-state index in [1.54, 1.807) is 34.2 Å². The topological polar surface area (TPSA) is 65.8 Å². The van der Waals surface area contributed by atoms with E-state index in [1.807, 2.05) is 18.1 Å². The molecule has 0 aliphatic carbocycles. The third-order valence-corrected chi connectivity index (χ3v) is 5.12. The first-order valence-corrected chi connectivity index (χ1v) is 9.29. The average molecular weight is 360 g/mol. The predicted octanol–water partition coefficient (Wildman–Crippen LogP) is 1.51. The summed E-state index contributed by atoms with van der Waals surface area (Å²) in [6.07, 6.45) is 3.59. The van der Waals surface area contributed by atoms with Gasteiger partial charge in [-0.1, -0.05) is 6.92 Å². The van der Waals surface area contributed by atoms with Gasteiger partial charge < -0.3 is 15.1 Å². The van der Waals surface area contributed by atoms with Gasteiger partial charge in [-0.3, -0.25) is 14.5 Å². The first kappa shape index (κ1) is 17.5. The number of aliphatic imine (C=N–C) groups is 1. The van der Waals surface area contributed by atoms with Crippen molar-refractivity contribution < 1.29 is 4.79 Å². The van der Waals surface area contributed by atoms with E-state index in [0.29, 0.717) is 19.0 Å². The van der Waals surface area contributed by atoms with Gasteiger partial charge in [0.05, 0.1) is 11.9 Å². The highest BCUT2D eigenvalue weighted by molar-refractivity contribution is 7.07. The SMILES string of the molecule is CN=C(NCC(C)c1ccsc1)N1CCN(c2cnn(C)c2)C(=O)C1. The lowest BCUT2D eigenvalue weighted by atomic mass is 10.1. The first-order valence-electron chi connectivity index (χ1n) is 8.35. The van der Waals surface area contributed by atoms with Crippen LogP contribution in [-0.4, -0.2) is 59.8 Å². The zero-order valence-corrected chi connectivity index (χ0v) is 15.7. The lowest BCUT2D eigenvalue weighted by molar-refractivity contribution is -0.120. The normalized spacial score (nSPS) is 17.1. The van der Waals surface area contributed by atoms with Gasteiger partial charge >= 0.3 is 0 Å². The second kappa shape index (κ2) is 7.69. The van der Waals surface area contributed by atoms with Gasteiger partial charge in [0.15, 0.2) is 5.96 Å². The molecule has 1 atom stereocenters. The van der Waals surface area contributed by atoms with Crippen molar-refractivity contribution in [3.63, 3.8) is 0 Å². The Bertz CT molecular complexity index is 738. The van der Waals surface area contributed by atoms with Crippen LogP contribution in [0.15, 0.2) is 34.2 Å². The molecule has 8 heteroatoms. The Morgan fingerprint density at radius 3 is 2.92 bits per heavy atom. The van der Waals surface area contributed by atoms with Gasteiger partial charge in [-0.25, -0.2) is 0 Å². The second-order valence-corrected chi connectivity index (χ2v) is 7.01. The van der Waals surface area contributed by atoms with Crippen LogP contribution in [0.4, 0.5) is 5.69 Å². The van der Waals surface area contributed by atoms with E-state index in [1.165, 1.54) is 5.56 Å². The molecule has 1 amide bonds. The van der Waals surface area contributed by atoms with Gasteiger partial charge in [-0.05, 0) is 28.3 Å². The summed E-state index contributed by atoms with van der Waals surface area (Å²) in [6, 6.07) is 2.15. The number of anilines is 1. The number of nitrogens with one attached hydrogen (secondary N) is 1. The number of thiophene rings is 1. The largest absolute Gasteiger partial charge is 0.356 e. The molecule has 25 heavy (non-hydrogen) atoms. The summed E-state index contributed by atoms with van der Waals surface area (Å²) in [5.41, 5.74) is 2.17. The lowest BCUT2D eigenvalue weighted by Gasteiger charge is -2.35. The van der Waals surface area contributed by atoms with Crippen molar-refractivity contribution in [1.82, 2.24) is 20.0 Å². The van der Waals surface area contributed by atoms with Crippen molar-refractivity contribution in [3.8, 4) is 0 Å². The summed E-state index contributed by atoms with van der Waals surface area (Å²) < 4.78 is 1.71. The molecule has 1 saturated heterocycles. The summed E-state index contributed by atoms with van der Waals surface area (Å²) >= 11 is 1.71. The number of guanidine groups is 1. The number of rotatable bonds is 4. The number of nitrogens with zero attached hydrogens (tertiary/aromatic N) is 5. The number of carbonyl (C=O) groups excluding carboxylic acids is 1. The smallest absolute Gasteiger partial charge is 0.246 e. The van der Waals surface area contributed by atoms with Gasteiger partial charge in [-0.2, -0.15) is 16.4 Å². The summed E-state index contributed by atoms with van der Waals surface area (Å²) in [7, 11) is 3.61. The molecular formula is C17H24N6OS. The Hall–Kier alpha value is -2.35. The molecule has 0 bridgehead atoms. The number of aromatic nitrogens is 2. The first-order chi connectivity index (χ1) is 12.1. The molecular weight excluding hydrogens is 336 g/mol. The van der Waals surface area contributed by atoms with Crippen molar-refractivity contribution in [2.45, 2.75) is 12.8 Å². The van der Waals surface area contributed by atoms with Gasteiger partial charge in [0.25, 0.3) is 0 Å². The predicted molar refractivity (Wildman–Crippen MR) is 101 cm³/mol. The van der Waals surface area contributed by atoms with E-state index in [9.17, 15) is 4.79 Å². The summed E-state index contributed by atoms with van der Waals surface area (Å²) in [6.45, 7) is 4.67. The minimum absolute atomic E-state index is 0.0630. The van der Waals surface area contributed by atoms with Crippen molar-refractivity contribution in [3.05, 3.63) is 34.8 Å². The molecule has 0 aromatic carbocycles. The molecule has 0 saturated carbocycles. The zero-order chi connectivity index (χ0) is 17.8. The Balaban J connectivity index is 1.57. The van der Waals surface area contributed by atoms with Crippen molar-refractivity contribution >= 4 is 28.9 Å². The van der Waals surface area contributed by atoms with Crippen LogP contribution in [0.2, 0.25) is 0 Å². The highest BCUT2D eigenvalue weighted by Gasteiger charge is 2.27. The zero-order valence-electron chi connectivity index (χ0n) is 14.8. The number of hydrogen-bond donors (Lipinski definition) is 1. The van der Waals surface area contributed by atoms with Crippen LogP contribution in [0.25, 0.3) is 0 Å². The Morgan fingerprint density at radius 2 is 2.32 bits per heavy atom. The molecule has 3 heterocycles. The highest BCUT2D eigenvalue weighted by Crippen LogP contribution is 2.18. The molecule has 3 rings (SSSR count). The molecule has 1 aliphatic heterocycles. The van der Waals surface area contributed by atoms with E-state index in [4.69, 9.17) is 0 Å². The van der Waals surface area contributed by atoms with E-state index in [-0.39, 0.29) is 5.91 Å². The number of aryl methyl sites for hydroxylation is 1. The molecule has 0 spiro atoms. The molecule has 2 aromatic rings. The fraction of sp³-hybridized carbons (Fsp3) is 0.471. The molecule has 1 fully saturated rings. The molecule has 1 unspecified atom stereocenters. The standard InChI is InChI=1S/C17H24N6OS/c1-13(14-4-7-25-12-14)8-19-17(18-2)22-5-6-23(16(24)11-22)15-9-20-21(3)10-15/h4,7,9-10,12-13H,5-6,8,11H2,1-3H3,(H,18,19). The van der Waals surface area contributed by atoms with Crippen LogP contribution in [0, 0.1) is 0 Å². The number of piperazine rings is 1. The molecule has 1 N–H and O–H groups in total. The molecule has 134 valence electrons. The average Bonchev–Trinajstić information content (AvgIpc) is 3.27. The molecule has 7 nitrogen and oxygen atoms in total. The molecule has 2 aromatic heterocycles. The second-order valence-electron chi connectivity index (χ2n) is 6.22. The van der Waals surface area contributed by atoms with Crippen LogP contribution in [0.3, 0.4) is 0 Å². The summed E-state index contributed by atoms with van der Waals surface area (Å²) in [4.78, 5) is 20.7. The Morgan fingerprint density at radius 1 is 1.48 bits per heavy atom. The highest BCUT2D eigenvalue weighted by atomic mass is 32.1. The molecule has 0 radical (unpaired) electrons. The maximum absolute atomic E-state index is 12.5. The van der Waals surface area contributed by atoms with Crippen LogP contribution in [-0.2, 0) is 11.8 Å². The van der Waals surface area contributed by atoms with E-state index in [2.05, 4.69) is 39.2 Å². The van der Waals surface area contributed by atoms with E-state index in [0.717, 1.165) is 24.7 Å².